The van der Waals surface area contributed by atoms with Gasteiger partial charge in [0.05, 0.1) is 12.5 Å². The van der Waals surface area contributed by atoms with Crippen molar-refractivity contribution in [3.05, 3.63) is 24.2 Å². The minimum Gasteiger partial charge on any atom is -0.472 e. The maximum Gasteiger partial charge on any atom is 0.185 e. The molecule has 0 N–H and O–H groups in total. The van der Waals surface area contributed by atoms with Crippen LogP contribution in [0.15, 0.2) is 23.0 Å². The molecule has 3 heteroatoms. The van der Waals surface area contributed by atoms with Gasteiger partial charge in [-0.05, 0) is 54.6 Å². The molecular weight excluding hydrogens is 292 g/mol. The summed E-state index contributed by atoms with van der Waals surface area (Å²) in [5.41, 5.74) is 1.85. The molecule has 122 valence electrons. The molecule has 0 saturated heterocycles. The molecule has 1 heterocycles. The average molecular weight is 320 g/mol. The van der Waals surface area contributed by atoms with Crippen molar-refractivity contribution in [1.82, 2.24) is 0 Å². The number of carbonyl (C=O) groups is 1. The molecule has 0 aromatic carbocycles. The number of hydrogen-bond donors (Lipinski definition) is 0. The van der Waals surface area contributed by atoms with Gasteiger partial charge in [0, 0.05) is 12.7 Å². The average Bonchev–Trinajstić information content (AvgIpc) is 3.04. The van der Waals surface area contributed by atoms with Crippen LogP contribution in [0.3, 0.4) is 0 Å². The molecule has 3 rings (SSSR count). The number of thioether (sulfide) groups is 1. The van der Waals surface area contributed by atoms with E-state index in [2.05, 4.69) is 6.07 Å². The maximum atomic E-state index is 11.5. The predicted molar refractivity (Wildman–Crippen MR) is 92.1 cm³/mol. The minimum absolute atomic E-state index is 0.238. The van der Waals surface area contributed by atoms with Crippen molar-refractivity contribution in [2.75, 3.05) is 5.75 Å². The van der Waals surface area contributed by atoms with E-state index in [9.17, 15) is 4.79 Å². The van der Waals surface area contributed by atoms with E-state index in [1.807, 2.05) is 6.26 Å². The monoisotopic (exact) mass is 320 g/mol. The Morgan fingerprint density at radius 3 is 2.64 bits per heavy atom. The van der Waals surface area contributed by atoms with Crippen molar-refractivity contribution >= 4 is 16.9 Å². The van der Waals surface area contributed by atoms with E-state index >= 15 is 0 Å². The summed E-state index contributed by atoms with van der Waals surface area (Å²) in [6.07, 6.45) is 16.2. The summed E-state index contributed by atoms with van der Waals surface area (Å²) in [5.74, 6) is 2.12. The first kappa shape index (κ1) is 16.2. The van der Waals surface area contributed by atoms with E-state index < -0.39 is 0 Å². The summed E-state index contributed by atoms with van der Waals surface area (Å²) in [6, 6.07) is 2.12. The second kappa shape index (κ2) is 7.25. The van der Waals surface area contributed by atoms with E-state index in [1.54, 1.807) is 13.2 Å². The second-order valence-corrected chi connectivity index (χ2v) is 8.44. The van der Waals surface area contributed by atoms with E-state index in [0.29, 0.717) is 11.3 Å². The quantitative estimate of drug-likeness (QED) is 0.704. The fourth-order valence-corrected chi connectivity index (χ4v) is 5.81. The molecule has 1 aromatic rings. The minimum atomic E-state index is 0.238. The third-order valence-electron chi connectivity index (χ3n) is 6.00. The molecule has 2 saturated carbocycles. The van der Waals surface area contributed by atoms with Crippen molar-refractivity contribution in [2.45, 2.75) is 70.6 Å². The summed E-state index contributed by atoms with van der Waals surface area (Å²) < 4.78 is 5.37. The summed E-state index contributed by atoms with van der Waals surface area (Å²) in [5, 5.41) is 0.238. The zero-order chi connectivity index (χ0) is 15.4. The van der Waals surface area contributed by atoms with Crippen molar-refractivity contribution in [3.63, 3.8) is 0 Å². The molecule has 0 radical (unpaired) electrons. The summed E-state index contributed by atoms with van der Waals surface area (Å²) >= 11 is 1.50. The van der Waals surface area contributed by atoms with Crippen LogP contribution in [-0.4, -0.2) is 10.9 Å². The standard InChI is InChI=1S/C19H28O2S/c1-15(20)22-14-17(16-8-12-21-13-16)18-7-3-6-11-19(18)9-4-2-5-10-19/h8,12-13,17-18H,2-7,9-11,14H2,1H3. The SMILES string of the molecule is CC(=O)SCC(c1ccoc1)C1CCCCC12CCCCC2. The lowest BCUT2D eigenvalue weighted by Crippen LogP contribution is -2.39. The topological polar surface area (TPSA) is 30.2 Å². The van der Waals surface area contributed by atoms with Crippen LogP contribution in [0.2, 0.25) is 0 Å². The Balaban J connectivity index is 1.85. The molecule has 22 heavy (non-hydrogen) atoms. The fraction of sp³-hybridized carbons (Fsp3) is 0.737. The number of hydrogen-bond acceptors (Lipinski definition) is 3. The Bertz CT molecular complexity index is 465. The van der Waals surface area contributed by atoms with E-state index in [0.717, 1.165) is 11.7 Å². The van der Waals surface area contributed by atoms with Crippen LogP contribution in [0.25, 0.3) is 0 Å². The lowest BCUT2D eigenvalue weighted by Gasteiger charge is -2.50. The Labute approximate surface area is 138 Å². The highest BCUT2D eigenvalue weighted by molar-refractivity contribution is 8.13. The normalized spacial score (nSPS) is 26.0. The molecule has 1 aromatic heterocycles. The van der Waals surface area contributed by atoms with Gasteiger partial charge in [-0.25, -0.2) is 0 Å². The molecule has 0 amide bonds. The van der Waals surface area contributed by atoms with Gasteiger partial charge < -0.3 is 4.42 Å². The Morgan fingerprint density at radius 2 is 2.00 bits per heavy atom. The number of furan rings is 1. The number of carbonyl (C=O) groups excluding carboxylic acids is 1. The fourth-order valence-electron chi connectivity index (χ4n) is 4.98. The van der Waals surface area contributed by atoms with Gasteiger partial charge in [0.15, 0.2) is 5.12 Å². The van der Waals surface area contributed by atoms with Crippen LogP contribution < -0.4 is 0 Å². The van der Waals surface area contributed by atoms with Crippen LogP contribution in [0.4, 0.5) is 0 Å². The summed E-state index contributed by atoms with van der Waals surface area (Å²) in [7, 11) is 0. The number of rotatable bonds is 4. The van der Waals surface area contributed by atoms with Gasteiger partial charge in [0.25, 0.3) is 0 Å². The Hall–Kier alpha value is -0.700. The largest absolute Gasteiger partial charge is 0.472 e. The molecule has 2 aliphatic rings. The van der Waals surface area contributed by atoms with Gasteiger partial charge in [0.1, 0.15) is 0 Å². The van der Waals surface area contributed by atoms with Gasteiger partial charge in [-0.3, -0.25) is 4.79 Å². The first-order valence-electron chi connectivity index (χ1n) is 8.87. The third kappa shape index (κ3) is 3.45. The van der Waals surface area contributed by atoms with Crippen LogP contribution in [0, 0.1) is 11.3 Å². The molecule has 0 bridgehead atoms. The van der Waals surface area contributed by atoms with Gasteiger partial charge in [-0.2, -0.15) is 0 Å². The lowest BCUT2D eigenvalue weighted by molar-refractivity contribution is -0.109. The van der Waals surface area contributed by atoms with E-state index in [1.165, 1.54) is 75.1 Å². The third-order valence-corrected chi connectivity index (χ3v) is 6.93. The van der Waals surface area contributed by atoms with Gasteiger partial charge in [-0.1, -0.05) is 43.9 Å². The van der Waals surface area contributed by atoms with Gasteiger partial charge in [-0.15, -0.1) is 0 Å². The maximum absolute atomic E-state index is 11.5. The van der Waals surface area contributed by atoms with Crippen molar-refractivity contribution in [2.24, 2.45) is 11.3 Å². The van der Waals surface area contributed by atoms with Crippen LogP contribution >= 0.6 is 11.8 Å². The van der Waals surface area contributed by atoms with Crippen LogP contribution in [0.5, 0.6) is 0 Å². The van der Waals surface area contributed by atoms with Crippen molar-refractivity contribution in [3.8, 4) is 0 Å². The van der Waals surface area contributed by atoms with Crippen molar-refractivity contribution < 1.29 is 9.21 Å². The first-order valence-corrected chi connectivity index (χ1v) is 9.85. The predicted octanol–water partition coefficient (Wildman–Crippen LogP) is 5.78. The smallest absolute Gasteiger partial charge is 0.185 e. The van der Waals surface area contributed by atoms with Gasteiger partial charge in [0.2, 0.25) is 0 Å². The van der Waals surface area contributed by atoms with E-state index in [-0.39, 0.29) is 5.12 Å². The highest BCUT2D eigenvalue weighted by Gasteiger charge is 2.45. The molecule has 2 nitrogen and oxygen atoms in total. The Kier molecular flexibility index (Phi) is 5.33. The molecule has 2 atom stereocenters. The first-order chi connectivity index (χ1) is 10.7. The van der Waals surface area contributed by atoms with Gasteiger partial charge >= 0.3 is 0 Å². The Morgan fingerprint density at radius 1 is 1.27 bits per heavy atom. The van der Waals surface area contributed by atoms with Crippen molar-refractivity contribution in [1.29, 1.82) is 0 Å². The molecule has 2 aliphatic carbocycles. The summed E-state index contributed by atoms with van der Waals surface area (Å²) in [4.78, 5) is 11.5. The lowest BCUT2D eigenvalue weighted by atomic mass is 9.56. The zero-order valence-corrected chi connectivity index (χ0v) is 14.5. The summed E-state index contributed by atoms with van der Waals surface area (Å²) in [6.45, 7) is 1.69. The van der Waals surface area contributed by atoms with E-state index in [4.69, 9.17) is 4.42 Å². The zero-order valence-electron chi connectivity index (χ0n) is 13.7. The molecular formula is C19H28O2S. The molecule has 2 fully saturated rings. The molecule has 1 spiro atoms. The van der Waals surface area contributed by atoms with Crippen LogP contribution in [-0.2, 0) is 4.79 Å². The van der Waals surface area contributed by atoms with Crippen LogP contribution in [0.1, 0.15) is 76.2 Å². The molecule has 0 aliphatic heterocycles. The second-order valence-electron chi connectivity index (χ2n) is 7.24. The molecule has 2 unspecified atom stereocenters. The highest BCUT2D eigenvalue weighted by Crippen LogP contribution is 2.56. The highest BCUT2D eigenvalue weighted by atomic mass is 32.2.